The maximum atomic E-state index is 12.9. The Labute approximate surface area is 142 Å². The molecule has 1 aliphatic rings. The van der Waals surface area contributed by atoms with Crippen molar-refractivity contribution < 1.29 is 8.42 Å². The van der Waals surface area contributed by atoms with Gasteiger partial charge in [0.1, 0.15) is 0 Å². The number of sulfonamides is 1. The van der Waals surface area contributed by atoms with E-state index in [1.807, 2.05) is 24.3 Å². The molecule has 1 aliphatic heterocycles. The van der Waals surface area contributed by atoms with E-state index in [2.05, 4.69) is 4.98 Å². The molecular weight excluding hydrogens is 322 g/mol. The summed E-state index contributed by atoms with van der Waals surface area (Å²) in [7, 11) is -3.51. The predicted octanol–water partition coefficient (Wildman–Crippen LogP) is 2.74. The van der Waals surface area contributed by atoms with E-state index in [0.29, 0.717) is 12.1 Å². The molecule has 0 N–H and O–H groups in total. The summed E-state index contributed by atoms with van der Waals surface area (Å²) in [6.45, 7) is 0.551. The molecule has 5 nitrogen and oxygen atoms in total. The highest BCUT2D eigenvalue weighted by atomic mass is 32.2. The second kappa shape index (κ2) is 7.12. The van der Waals surface area contributed by atoms with Gasteiger partial charge in [-0.1, -0.05) is 6.07 Å². The van der Waals surface area contributed by atoms with Crippen LogP contribution in [0, 0.1) is 11.3 Å². The zero-order valence-electron chi connectivity index (χ0n) is 13.3. The minimum Gasteiger partial charge on any atom is -0.261 e. The first-order chi connectivity index (χ1) is 11.6. The van der Waals surface area contributed by atoms with Crippen molar-refractivity contribution in [2.45, 2.75) is 36.6 Å². The average molecular weight is 341 g/mol. The number of benzene rings is 1. The van der Waals surface area contributed by atoms with E-state index in [1.165, 1.54) is 12.1 Å². The molecule has 2 heterocycles. The highest BCUT2D eigenvalue weighted by Gasteiger charge is 2.34. The van der Waals surface area contributed by atoms with Gasteiger partial charge in [0.25, 0.3) is 0 Å². The number of hydrogen-bond acceptors (Lipinski definition) is 4. The van der Waals surface area contributed by atoms with Gasteiger partial charge in [-0.3, -0.25) is 4.98 Å². The first-order valence-corrected chi connectivity index (χ1v) is 9.47. The number of aromatic nitrogens is 1. The second-order valence-corrected chi connectivity index (χ2v) is 7.80. The molecule has 1 aromatic carbocycles. The fourth-order valence-electron chi connectivity index (χ4n) is 3.11. The maximum absolute atomic E-state index is 12.9. The quantitative estimate of drug-likeness (QED) is 0.838. The molecule has 0 spiro atoms. The van der Waals surface area contributed by atoms with Gasteiger partial charge in [-0.2, -0.15) is 9.57 Å². The van der Waals surface area contributed by atoms with Crippen molar-refractivity contribution in [1.82, 2.24) is 9.29 Å². The number of nitrogens with zero attached hydrogens (tertiary/aromatic N) is 3. The molecule has 1 aromatic heterocycles. The van der Waals surface area contributed by atoms with Crippen LogP contribution < -0.4 is 0 Å². The molecular formula is C18H19N3O2S. The summed E-state index contributed by atoms with van der Waals surface area (Å²) in [5.41, 5.74) is 1.45. The first kappa shape index (κ1) is 16.6. The molecule has 3 rings (SSSR count). The molecule has 24 heavy (non-hydrogen) atoms. The summed E-state index contributed by atoms with van der Waals surface area (Å²) < 4.78 is 27.4. The van der Waals surface area contributed by atoms with Crippen molar-refractivity contribution in [3.8, 4) is 6.07 Å². The molecule has 0 radical (unpaired) electrons. The lowest BCUT2D eigenvalue weighted by Gasteiger charge is -2.24. The maximum Gasteiger partial charge on any atom is 0.243 e. The molecule has 0 amide bonds. The molecule has 0 bridgehead atoms. The van der Waals surface area contributed by atoms with E-state index in [-0.39, 0.29) is 10.9 Å². The Morgan fingerprint density at radius 1 is 1.21 bits per heavy atom. The Morgan fingerprint density at radius 2 is 2.00 bits per heavy atom. The fourth-order valence-corrected chi connectivity index (χ4v) is 4.83. The van der Waals surface area contributed by atoms with Crippen LogP contribution in [-0.4, -0.2) is 30.3 Å². The summed E-state index contributed by atoms with van der Waals surface area (Å²) in [6.07, 6.45) is 5.05. The largest absolute Gasteiger partial charge is 0.261 e. The van der Waals surface area contributed by atoms with Gasteiger partial charge in [-0.15, -0.1) is 0 Å². The van der Waals surface area contributed by atoms with Crippen LogP contribution in [0.2, 0.25) is 0 Å². The zero-order valence-corrected chi connectivity index (χ0v) is 14.1. The van der Waals surface area contributed by atoms with Gasteiger partial charge in [-0.05, 0) is 62.1 Å². The van der Waals surface area contributed by atoms with E-state index >= 15 is 0 Å². The highest BCUT2D eigenvalue weighted by Crippen LogP contribution is 2.28. The highest BCUT2D eigenvalue weighted by molar-refractivity contribution is 7.89. The summed E-state index contributed by atoms with van der Waals surface area (Å²) in [5.74, 6) is 0. The van der Waals surface area contributed by atoms with Gasteiger partial charge < -0.3 is 0 Å². The SMILES string of the molecule is N#Cc1ccc(S(=O)(=O)N2CCC[C@@H]2CCc2ccccn2)cc1. The van der Waals surface area contributed by atoms with Crippen LogP contribution in [0.1, 0.15) is 30.5 Å². The smallest absolute Gasteiger partial charge is 0.243 e. The van der Waals surface area contributed by atoms with Gasteiger partial charge >= 0.3 is 0 Å². The molecule has 2 aromatic rings. The van der Waals surface area contributed by atoms with Crippen molar-refractivity contribution in [3.05, 3.63) is 59.9 Å². The van der Waals surface area contributed by atoms with Crippen LogP contribution >= 0.6 is 0 Å². The molecule has 0 unspecified atom stereocenters. The van der Waals surface area contributed by atoms with Crippen molar-refractivity contribution in [1.29, 1.82) is 5.26 Å². The number of hydrogen-bond donors (Lipinski definition) is 0. The number of rotatable bonds is 5. The van der Waals surface area contributed by atoms with E-state index in [9.17, 15) is 8.42 Å². The van der Waals surface area contributed by atoms with Gasteiger partial charge in [-0.25, -0.2) is 8.42 Å². The molecule has 1 fully saturated rings. The fraction of sp³-hybridized carbons (Fsp3) is 0.333. The van der Waals surface area contributed by atoms with Gasteiger partial charge in [0.05, 0.1) is 16.5 Å². The average Bonchev–Trinajstić information content (AvgIpc) is 3.10. The third-order valence-electron chi connectivity index (χ3n) is 4.37. The minimum absolute atomic E-state index is 0.00708. The zero-order chi connectivity index (χ0) is 17.0. The Morgan fingerprint density at radius 3 is 2.67 bits per heavy atom. The molecule has 1 atom stereocenters. The normalized spacial score (nSPS) is 18.4. The molecule has 0 saturated carbocycles. The number of aryl methyl sites for hydroxylation is 1. The third-order valence-corrected chi connectivity index (χ3v) is 6.34. The molecule has 6 heteroatoms. The summed E-state index contributed by atoms with van der Waals surface area (Å²) in [4.78, 5) is 4.56. The first-order valence-electron chi connectivity index (χ1n) is 8.03. The van der Waals surface area contributed by atoms with Crippen LogP contribution in [0.15, 0.2) is 53.6 Å². The summed E-state index contributed by atoms with van der Waals surface area (Å²) in [5, 5.41) is 8.85. The van der Waals surface area contributed by atoms with E-state index in [0.717, 1.165) is 31.4 Å². The predicted molar refractivity (Wildman–Crippen MR) is 90.6 cm³/mol. The third kappa shape index (κ3) is 3.48. The van der Waals surface area contributed by atoms with Crippen molar-refractivity contribution >= 4 is 10.0 Å². The van der Waals surface area contributed by atoms with Crippen molar-refractivity contribution in [2.75, 3.05) is 6.54 Å². The second-order valence-electron chi connectivity index (χ2n) is 5.91. The number of pyridine rings is 1. The van der Waals surface area contributed by atoms with Crippen LogP contribution in [0.4, 0.5) is 0 Å². The van der Waals surface area contributed by atoms with Gasteiger partial charge in [0.2, 0.25) is 10.0 Å². The van der Waals surface area contributed by atoms with Crippen molar-refractivity contribution in [3.63, 3.8) is 0 Å². The summed E-state index contributed by atoms with van der Waals surface area (Å²) in [6, 6.07) is 13.9. The van der Waals surface area contributed by atoms with Crippen LogP contribution in [0.3, 0.4) is 0 Å². The van der Waals surface area contributed by atoms with Crippen LogP contribution in [-0.2, 0) is 16.4 Å². The molecule has 124 valence electrons. The van der Waals surface area contributed by atoms with Crippen LogP contribution in [0.5, 0.6) is 0 Å². The Balaban J connectivity index is 1.75. The monoisotopic (exact) mass is 341 g/mol. The topological polar surface area (TPSA) is 74.1 Å². The standard InChI is InChI=1S/C18H19N3O2S/c19-14-15-6-10-18(11-7-15)24(22,23)21-13-3-5-17(21)9-8-16-4-1-2-12-20-16/h1-2,4,6-7,10-12,17H,3,5,8-9,13H2/t17-/m1/s1. The Bertz CT molecular complexity index is 827. The van der Waals surface area contributed by atoms with Crippen molar-refractivity contribution in [2.24, 2.45) is 0 Å². The van der Waals surface area contributed by atoms with E-state index in [4.69, 9.17) is 5.26 Å². The van der Waals surface area contributed by atoms with Gasteiger partial charge in [0.15, 0.2) is 0 Å². The van der Waals surface area contributed by atoms with E-state index in [1.54, 1.807) is 22.6 Å². The molecule has 1 saturated heterocycles. The lowest BCUT2D eigenvalue weighted by molar-refractivity contribution is 0.369. The molecule has 0 aliphatic carbocycles. The Kier molecular flexibility index (Phi) is 4.93. The lowest BCUT2D eigenvalue weighted by Crippen LogP contribution is -2.35. The minimum atomic E-state index is -3.51. The van der Waals surface area contributed by atoms with Gasteiger partial charge in [0, 0.05) is 24.5 Å². The van der Waals surface area contributed by atoms with E-state index < -0.39 is 10.0 Å². The number of nitriles is 1. The summed E-state index contributed by atoms with van der Waals surface area (Å²) >= 11 is 0. The lowest BCUT2D eigenvalue weighted by atomic mass is 10.1. The Hall–Kier alpha value is -2.23. The van der Waals surface area contributed by atoms with Crippen LogP contribution in [0.25, 0.3) is 0 Å².